The largest absolute Gasteiger partial charge is 0.477 e. The van der Waals surface area contributed by atoms with Gasteiger partial charge in [-0.2, -0.15) is 0 Å². The van der Waals surface area contributed by atoms with E-state index in [1.807, 2.05) is 0 Å². The minimum absolute atomic E-state index is 0.00896. The third kappa shape index (κ3) is 3.00. The molecule has 25 heavy (non-hydrogen) atoms. The molecule has 1 aliphatic rings. The van der Waals surface area contributed by atoms with Crippen LogP contribution in [0.1, 0.15) is 24.2 Å². The topological polar surface area (TPSA) is 67.4 Å². The summed E-state index contributed by atoms with van der Waals surface area (Å²) in [6, 6.07) is 2.10. The lowest BCUT2D eigenvalue weighted by Crippen LogP contribution is -2.25. The van der Waals surface area contributed by atoms with E-state index in [0.717, 1.165) is 16.7 Å². The highest BCUT2D eigenvalue weighted by Crippen LogP contribution is 2.24. The van der Waals surface area contributed by atoms with E-state index >= 15 is 0 Å². The SMILES string of the molecule is CC(C)OC(=O)c1cc(-n2c(=O)n3n(c2=S)COC=C3)c(F)cc1Cl. The van der Waals surface area contributed by atoms with Gasteiger partial charge in [0.2, 0.25) is 4.77 Å². The molecule has 2 aromatic rings. The van der Waals surface area contributed by atoms with Crippen LogP contribution in [0.4, 0.5) is 4.39 Å². The second-order valence-corrected chi connectivity index (χ2v) is 6.24. The van der Waals surface area contributed by atoms with Gasteiger partial charge in [-0.3, -0.25) is 0 Å². The number of esters is 1. The fourth-order valence-corrected chi connectivity index (χ4v) is 2.86. The minimum atomic E-state index is -0.798. The summed E-state index contributed by atoms with van der Waals surface area (Å²) in [6.07, 6.45) is 2.30. The average Bonchev–Trinajstić information content (AvgIpc) is 2.79. The summed E-state index contributed by atoms with van der Waals surface area (Å²) in [5.41, 5.74) is -0.860. The molecule has 10 heteroatoms. The predicted octanol–water partition coefficient (Wildman–Crippen LogP) is 2.94. The number of ether oxygens (including phenoxy) is 2. The first kappa shape index (κ1) is 17.4. The van der Waals surface area contributed by atoms with Gasteiger partial charge in [0.15, 0.2) is 6.73 Å². The van der Waals surface area contributed by atoms with Gasteiger partial charge < -0.3 is 9.47 Å². The molecule has 7 nitrogen and oxygen atoms in total. The average molecular weight is 386 g/mol. The lowest BCUT2D eigenvalue weighted by atomic mass is 10.2. The van der Waals surface area contributed by atoms with Gasteiger partial charge in [-0.1, -0.05) is 11.6 Å². The first-order valence-electron chi connectivity index (χ1n) is 7.24. The number of hydrogen-bond donors (Lipinski definition) is 0. The summed E-state index contributed by atoms with van der Waals surface area (Å²) >= 11 is 11.2. The Morgan fingerprint density at radius 1 is 1.44 bits per heavy atom. The molecule has 0 N–H and O–H groups in total. The zero-order valence-electron chi connectivity index (χ0n) is 13.2. The Labute approximate surface area is 151 Å². The first-order valence-corrected chi connectivity index (χ1v) is 8.03. The van der Waals surface area contributed by atoms with Crippen LogP contribution in [0.3, 0.4) is 0 Å². The van der Waals surface area contributed by atoms with Crippen LogP contribution in [0.25, 0.3) is 11.9 Å². The molecule has 0 aliphatic carbocycles. The molecule has 0 atom stereocenters. The zero-order chi connectivity index (χ0) is 18.3. The second-order valence-electron chi connectivity index (χ2n) is 5.46. The summed E-state index contributed by atoms with van der Waals surface area (Å²) in [5, 5.41) is -0.120. The minimum Gasteiger partial charge on any atom is -0.477 e. The number of hydrogen-bond acceptors (Lipinski definition) is 5. The lowest BCUT2D eigenvalue weighted by Gasteiger charge is -2.11. The maximum atomic E-state index is 14.5. The predicted molar refractivity (Wildman–Crippen MR) is 90.8 cm³/mol. The molecular weight excluding hydrogens is 373 g/mol. The molecule has 0 radical (unpaired) electrons. The van der Waals surface area contributed by atoms with Gasteiger partial charge in [0.05, 0.1) is 28.6 Å². The molecule has 0 amide bonds. The van der Waals surface area contributed by atoms with E-state index in [1.165, 1.54) is 21.8 Å². The summed E-state index contributed by atoms with van der Waals surface area (Å²) < 4.78 is 28.1. The van der Waals surface area contributed by atoms with E-state index in [9.17, 15) is 14.0 Å². The van der Waals surface area contributed by atoms with Crippen molar-refractivity contribution in [2.45, 2.75) is 26.7 Å². The molecular formula is C15H13ClFN3O4S. The van der Waals surface area contributed by atoms with Crippen LogP contribution < -0.4 is 5.69 Å². The van der Waals surface area contributed by atoms with Crippen LogP contribution in [0.2, 0.25) is 5.02 Å². The van der Waals surface area contributed by atoms with Crippen LogP contribution in [0, 0.1) is 10.6 Å². The summed E-state index contributed by atoms with van der Waals surface area (Å²) in [4.78, 5) is 24.7. The molecule has 0 unspecified atom stereocenters. The van der Waals surface area contributed by atoms with Gasteiger partial charge in [0.1, 0.15) is 12.1 Å². The smallest absolute Gasteiger partial charge is 0.354 e. The fraction of sp³-hybridized carbons (Fsp3) is 0.267. The van der Waals surface area contributed by atoms with Crippen molar-refractivity contribution in [3.05, 3.63) is 50.1 Å². The number of nitrogens with zero attached hydrogens (tertiary/aromatic N) is 3. The van der Waals surface area contributed by atoms with Crippen LogP contribution in [0.15, 0.2) is 23.2 Å². The highest BCUT2D eigenvalue weighted by molar-refractivity contribution is 7.71. The Balaban J connectivity index is 2.21. The van der Waals surface area contributed by atoms with Crippen LogP contribution in [0.5, 0.6) is 0 Å². The van der Waals surface area contributed by atoms with E-state index in [2.05, 4.69) is 0 Å². The number of fused-ring (bicyclic) bond motifs is 1. The molecule has 132 valence electrons. The molecule has 3 rings (SSSR count). The molecule has 1 aromatic heterocycles. The van der Waals surface area contributed by atoms with Gasteiger partial charge in [-0.25, -0.2) is 27.9 Å². The zero-order valence-corrected chi connectivity index (χ0v) is 14.8. The molecule has 1 aliphatic heterocycles. The third-order valence-corrected chi connectivity index (χ3v) is 4.10. The second kappa shape index (κ2) is 6.49. The van der Waals surface area contributed by atoms with Crippen LogP contribution in [-0.4, -0.2) is 26.0 Å². The van der Waals surface area contributed by atoms with E-state index in [0.29, 0.717) is 0 Å². The summed E-state index contributed by atoms with van der Waals surface area (Å²) in [5.74, 6) is -1.52. The van der Waals surface area contributed by atoms with Crippen molar-refractivity contribution in [3.8, 4) is 5.69 Å². The van der Waals surface area contributed by atoms with Crippen molar-refractivity contribution in [2.24, 2.45) is 0 Å². The van der Waals surface area contributed by atoms with Gasteiger partial charge in [-0.15, -0.1) is 0 Å². The van der Waals surface area contributed by atoms with Gasteiger partial charge >= 0.3 is 11.7 Å². The van der Waals surface area contributed by atoms with Crippen molar-refractivity contribution < 1.29 is 18.7 Å². The molecule has 0 saturated heterocycles. The summed E-state index contributed by atoms with van der Waals surface area (Å²) in [6.45, 7) is 3.36. The number of benzene rings is 1. The maximum absolute atomic E-state index is 14.5. The van der Waals surface area contributed by atoms with Gasteiger partial charge in [0, 0.05) is 0 Å². The first-order chi connectivity index (χ1) is 11.8. The Hall–Kier alpha value is -2.39. The standard InChI is InChI=1S/C15H13ClFN3O4S/c1-8(2)24-13(21)9-5-12(11(17)6-10(9)16)20-14(22)18-3-4-23-7-19(18)15(20)25/h3-6,8H,7H2,1-2H3. The number of halogens is 2. The third-order valence-electron chi connectivity index (χ3n) is 3.39. The molecule has 0 spiro atoms. The molecule has 0 bridgehead atoms. The molecule has 2 heterocycles. The highest BCUT2D eigenvalue weighted by atomic mass is 35.5. The Morgan fingerprint density at radius 2 is 2.16 bits per heavy atom. The van der Waals surface area contributed by atoms with Crippen molar-refractivity contribution in [2.75, 3.05) is 0 Å². The maximum Gasteiger partial charge on any atom is 0.354 e. The normalized spacial score (nSPS) is 12.8. The van der Waals surface area contributed by atoms with E-state index in [1.54, 1.807) is 13.8 Å². The Morgan fingerprint density at radius 3 is 2.80 bits per heavy atom. The lowest BCUT2D eigenvalue weighted by molar-refractivity contribution is 0.0378. The van der Waals surface area contributed by atoms with Crippen molar-refractivity contribution in [1.82, 2.24) is 13.9 Å². The van der Waals surface area contributed by atoms with Crippen LogP contribution in [-0.2, 0) is 16.2 Å². The van der Waals surface area contributed by atoms with Crippen molar-refractivity contribution in [1.29, 1.82) is 0 Å². The molecule has 1 aromatic carbocycles. The number of carbonyl (C=O) groups is 1. The summed E-state index contributed by atoms with van der Waals surface area (Å²) in [7, 11) is 0. The fourth-order valence-electron chi connectivity index (χ4n) is 2.32. The van der Waals surface area contributed by atoms with Crippen LogP contribution >= 0.6 is 23.8 Å². The van der Waals surface area contributed by atoms with E-state index in [-0.39, 0.29) is 33.9 Å². The highest BCUT2D eigenvalue weighted by Gasteiger charge is 2.22. The molecule has 0 saturated carbocycles. The number of carbonyl (C=O) groups excluding carboxylic acids is 1. The Kier molecular flexibility index (Phi) is 4.53. The van der Waals surface area contributed by atoms with Crippen molar-refractivity contribution in [3.63, 3.8) is 0 Å². The molecule has 0 fully saturated rings. The monoisotopic (exact) mass is 385 g/mol. The van der Waals surface area contributed by atoms with E-state index < -0.39 is 17.5 Å². The van der Waals surface area contributed by atoms with Crippen molar-refractivity contribution >= 4 is 36.0 Å². The number of rotatable bonds is 3. The number of aromatic nitrogens is 3. The van der Waals surface area contributed by atoms with Gasteiger partial charge in [0.25, 0.3) is 0 Å². The quantitative estimate of drug-likeness (QED) is 0.600. The Bertz CT molecular complexity index is 1010. The van der Waals surface area contributed by atoms with E-state index in [4.69, 9.17) is 33.3 Å². The van der Waals surface area contributed by atoms with Gasteiger partial charge in [-0.05, 0) is 38.2 Å².